The minimum atomic E-state index is -0.687. The van der Waals surface area contributed by atoms with Gasteiger partial charge in [-0.05, 0) is 18.3 Å². The summed E-state index contributed by atoms with van der Waals surface area (Å²) in [4.78, 5) is 24.0. The number of ether oxygens (including phenoxy) is 1. The Hall–Kier alpha value is -0.380. The first-order valence-corrected chi connectivity index (χ1v) is 6.44. The van der Waals surface area contributed by atoms with Crippen molar-refractivity contribution in [1.82, 2.24) is 0 Å². The second-order valence-electron chi connectivity index (χ2n) is 5.65. The number of hydrogen-bond acceptors (Lipinski definition) is 3. The Morgan fingerprint density at radius 1 is 1.38 bits per heavy atom. The number of ketones is 1. The zero-order valence-corrected chi connectivity index (χ0v) is 11.7. The number of methoxy groups -OCH3 is 1. The van der Waals surface area contributed by atoms with E-state index >= 15 is 0 Å². The summed E-state index contributed by atoms with van der Waals surface area (Å²) in [6.45, 7) is 5.99. The van der Waals surface area contributed by atoms with Crippen molar-refractivity contribution in [3.05, 3.63) is 0 Å². The predicted octanol–water partition coefficient (Wildman–Crippen LogP) is 2.32. The van der Waals surface area contributed by atoms with Crippen molar-refractivity contribution in [1.29, 1.82) is 0 Å². The molecule has 2 bridgehead atoms. The lowest BCUT2D eigenvalue weighted by Gasteiger charge is -2.38. The van der Waals surface area contributed by atoms with Crippen LogP contribution in [0.1, 0.15) is 33.6 Å². The molecule has 0 aromatic heterocycles. The summed E-state index contributed by atoms with van der Waals surface area (Å²) in [7, 11) is 1.39. The molecule has 2 fully saturated rings. The highest BCUT2D eigenvalue weighted by Gasteiger charge is 2.77. The van der Waals surface area contributed by atoms with Gasteiger partial charge in [-0.25, -0.2) is 0 Å². The number of Topliss-reactive ketones (excluding diaryl/α,β-unsaturated/α-hetero) is 1. The first-order valence-electron chi connectivity index (χ1n) is 5.52. The van der Waals surface area contributed by atoms with Crippen molar-refractivity contribution in [3.63, 3.8) is 0 Å². The summed E-state index contributed by atoms with van der Waals surface area (Å²) in [5, 5.41) is 0. The van der Waals surface area contributed by atoms with Crippen LogP contribution < -0.4 is 0 Å². The van der Waals surface area contributed by atoms with Crippen LogP contribution in [0.5, 0.6) is 0 Å². The second-order valence-corrected chi connectivity index (χ2v) is 6.56. The predicted molar refractivity (Wildman–Crippen MR) is 63.3 cm³/mol. The van der Waals surface area contributed by atoms with Crippen molar-refractivity contribution in [2.45, 2.75) is 38.4 Å². The number of esters is 1. The van der Waals surface area contributed by atoms with Gasteiger partial charge in [0.2, 0.25) is 0 Å². The number of alkyl halides is 1. The second kappa shape index (κ2) is 3.09. The highest BCUT2D eigenvalue weighted by molar-refractivity contribution is 9.10. The highest BCUT2D eigenvalue weighted by atomic mass is 79.9. The molecule has 0 aromatic rings. The van der Waals surface area contributed by atoms with Gasteiger partial charge in [0, 0.05) is 5.41 Å². The molecule has 16 heavy (non-hydrogen) atoms. The Labute approximate surface area is 104 Å². The third-order valence-corrected chi connectivity index (χ3v) is 6.47. The molecule has 0 aliphatic heterocycles. The largest absolute Gasteiger partial charge is 0.469 e. The minimum absolute atomic E-state index is 0.147. The fraction of sp³-hybridized carbons (Fsp3) is 0.833. The van der Waals surface area contributed by atoms with Gasteiger partial charge in [-0.3, -0.25) is 9.59 Å². The molecular weight excluding hydrogens is 272 g/mol. The molecule has 0 heterocycles. The van der Waals surface area contributed by atoms with E-state index in [1.807, 2.05) is 20.8 Å². The lowest BCUT2D eigenvalue weighted by molar-refractivity contribution is -0.157. The summed E-state index contributed by atoms with van der Waals surface area (Å²) in [5.41, 5.74) is -1.44. The summed E-state index contributed by atoms with van der Waals surface area (Å²) in [5.74, 6) is -0.108. The Morgan fingerprint density at radius 2 is 1.94 bits per heavy atom. The minimum Gasteiger partial charge on any atom is -0.469 e. The van der Waals surface area contributed by atoms with Crippen LogP contribution in [0.4, 0.5) is 0 Å². The number of fused-ring (bicyclic) bond motifs is 2. The van der Waals surface area contributed by atoms with Crippen LogP contribution in [0.3, 0.4) is 0 Å². The molecule has 2 aliphatic carbocycles. The molecule has 4 heteroatoms. The molecule has 0 aromatic carbocycles. The Kier molecular flexibility index (Phi) is 2.34. The van der Waals surface area contributed by atoms with Gasteiger partial charge in [-0.1, -0.05) is 36.7 Å². The fourth-order valence-corrected chi connectivity index (χ4v) is 5.08. The number of carbonyl (C=O) groups is 2. The first kappa shape index (κ1) is 12.1. The Bertz CT molecular complexity index is 376. The van der Waals surface area contributed by atoms with Gasteiger partial charge in [-0.15, -0.1) is 0 Å². The van der Waals surface area contributed by atoms with E-state index in [0.29, 0.717) is 0 Å². The van der Waals surface area contributed by atoms with Gasteiger partial charge in [-0.2, -0.15) is 0 Å². The number of halogens is 1. The molecule has 0 unspecified atom stereocenters. The normalized spacial score (nSPS) is 44.8. The number of hydrogen-bond donors (Lipinski definition) is 0. The monoisotopic (exact) mass is 288 g/mol. The lowest BCUT2D eigenvalue weighted by Crippen LogP contribution is -2.45. The average Bonchev–Trinajstić information content (AvgIpc) is 2.51. The van der Waals surface area contributed by atoms with E-state index in [1.165, 1.54) is 7.11 Å². The van der Waals surface area contributed by atoms with Gasteiger partial charge in [0.25, 0.3) is 0 Å². The quantitative estimate of drug-likeness (QED) is 0.549. The van der Waals surface area contributed by atoms with Crippen LogP contribution in [0.15, 0.2) is 0 Å². The van der Waals surface area contributed by atoms with Gasteiger partial charge in [0.15, 0.2) is 5.78 Å². The third-order valence-electron chi connectivity index (χ3n) is 5.27. The van der Waals surface area contributed by atoms with Crippen LogP contribution in [-0.2, 0) is 14.3 Å². The molecule has 90 valence electrons. The highest BCUT2D eigenvalue weighted by Crippen LogP contribution is 2.72. The number of rotatable bonds is 1. The summed E-state index contributed by atoms with van der Waals surface area (Å²) in [6.07, 6.45) is 1.50. The van der Waals surface area contributed by atoms with Crippen molar-refractivity contribution >= 4 is 27.7 Å². The summed E-state index contributed by atoms with van der Waals surface area (Å²) >= 11 is 3.42. The maximum absolute atomic E-state index is 12.3. The van der Waals surface area contributed by atoms with E-state index < -0.39 is 15.7 Å². The maximum atomic E-state index is 12.3. The smallest absolute Gasteiger partial charge is 0.313 e. The zero-order chi connectivity index (χ0) is 12.4. The topological polar surface area (TPSA) is 43.4 Å². The van der Waals surface area contributed by atoms with Crippen molar-refractivity contribution in [2.75, 3.05) is 7.11 Å². The molecule has 0 N–H and O–H groups in total. The Balaban J connectivity index is 2.63. The molecule has 0 amide bonds. The van der Waals surface area contributed by atoms with Gasteiger partial charge < -0.3 is 4.74 Å². The van der Waals surface area contributed by atoms with Crippen LogP contribution in [0.2, 0.25) is 0 Å². The molecule has 0 saturated heterocycles. The van der Waals surface area contributed by atoms with Crippen LogP contribution >= 0.6 is 15.9 Å². The van der Waals surface area contributed by atoms with Crippen LogP contribution in [0, 0.1) is 16.2 Å². The number of carbonyl (C=O) groups excluding carboxylic acids is 2. The first-order chi connectivity index (χ1) is 7.25. The van der Waals surface area contributed by atoms with Crippen LogP contribution in [0.25, 0.3) is 0 Å². The maximum Gasteiger partial charge on any atom is 0.313 e. The van der Waals surface area contributed by atoms with E-state index in [-0.39, 0.29) is 17.2 Å². The van der Waals surface area contributed by atoms with Crippen LogP contribution in [-0.4, -0.2) is 23.7 Å². The van der Waals surface area contributed by atoms with E-state index in [4.69, 9.17) is 4.74 Å². The van der Waals surface area contributed by atoms with Crippen molar-refractivity contribution < 1.29 is 14.3 Å². The average molecular weight is 289 g/mol. The van der Waals surface area contributed by atoms with Gasteiger partial charge in [0.05, 0.1) is 17.4 Å². The molecule has 0 spiro atoms. The van der Waals surface area contributed by atoms with E-state index in [9.17, 15) is 9.59 Å². The van der Waals surface area contributed by atoms with Gasteiger partial charge in [0.1, 0.15) is 0 Å². The molecule has 0 radical (unpaired) electrons. The molecule has 2 saturated carbocycles. The lowest BCUT2D eigenvalue weighted by atomic mass is 9.65. The van der Waals surface area contributed by atoms with Crippen molar-refractivity contribution in [2.24, 2.45) is 16.2 Å². The summed E-state index contributed by atoms with van der Waals surface area (Å²) in [6, 6.07) is 0. The molecular formula is C12H17BrO3. The molecule has 2 aliphatic rings. The van der Waals surface area contributed by atoms with E-state index in [2.05, 4.69) is 15.9 Å². The molecule has 3 nitrogen and oxygen atoms in total. The van der Waals surface area contributed by atoms with Gasteiger partial charge >= 0.3 is 5.97 Å². The molecule has 3 atom stereocenters. The van der Waals surface area contributed by atoms with E-state index in [0.717, 1.165) is 12.8 Å². The van der Waals surface area contributed by atoms with Crippen molar-refractivity contribution in [3.8, 4) is 0 Å². The third kappa shape index (κ3) is 0.918. The Morgan fingerprint density at radius 3 is 2.31 bits per heavy atom. The summed E-state index contributed by atoms with van der Waals surface area (Å²) < 4.78 is 4.93. The zero-order valence-electron chi connectivity index (χ0n) is 10.1. The SMILES string of the molecule is COC(=O)[C@@]12CC[C@@](C)(C(=O)[C@@H]1Br)C2(C)C. The van der Waals surface area contributed by atoms with E-state index in [1.54, 1.807) is 0 Å². The molecule has 2 rings (SSSR count). The standard InChI is InChI=1S/C12H17BrO3/c1-10(2)11(3)5-6-12(10,9(15)16-4)7(13)8(11)14/h7H,5-6H2,1-4H3/t7-,11-,12+/m0/s1. The fourth-order valence-electron chi connectivity index (χ4n) is 3.59.